The van der Waals surface area contributed by atoms with Crippen LogP contribution in [0.4, 0.5) is 5.13 Å². The van der Waals surface area contributed by atoms with E-state index in [1.54, 1.807) is 19.5 Å². The fourth-order valence-corrected chi connectivity index (χ4v) is 2.41. The Hall–Kier alpha value is -2.21. The number of nitrogens with two attached hydrogens (primary N) is 1. The number of aromatic nitrogens is 3. The summed E-state index contributed by atoms with van der Waals surface area (Å²) >= 11 is 1.48. The van der Waals surface area contributed by atoms with Gasteiger partial charge in [-0.3, -0.25) is 0 Å². The van der Waals surface area contributed by atoms with Crippen LogP contribution in [0.2, 0.25) is 0 Å². The van der Waals surface area contributed by atoms with Gasteiger partial charge in [-0.2, -0.15) is 0 Å². The number of ether oxygens (including phenoxy) is 1. The van der Waals surface area contributed by atoms with Crippen LogP contribution >= 0.6 is 11.3 Å². The monoisotopic (exact) mass is 258 g/mol. The third-order valence-electron chi connectivity index (χ3n) is 2.55. The van der Waals surface area contributed by atoms with Crippen LogP contribution in [-0.2, 0) is 0 Å². The van der Waals surface area contributed by atoms with Crippen molar-refractivity contribution in [3.8, 4) is 17.1 Å². The molecule has 2 aromatic heterocycles. The molecule has 0 unspecified atom stereocenters. The highest BCUT2D eigenvalue weighted by Crippen LogP contribution is 2.28. The Balaban J connectivity index is 2.06. The van der Waals surface area contributed by atoms with E-state index in [2.05, 4.69) is 15.0 Å². The van der Waals surface area contributed by atoms with Crippen LogP contribution in [0.3, 0.4) is 0 Å². The Kier molecular flexibility index (Phi) is 2.56. The third-order valence-corrected chi connectivity index (χ3v) is 3.41. The molecule has 0 saturated heterocycles. The molecule has 0 aliphatic carbocycles. The van der Waals surface area contributed by atoms with Crippen LogP contribution in [0.25, 0.3) is 21.3 Å². The maximum Gasteiger partial charge on any atom is 0.316 e. The smallest absolute Gasteiger partial charge is 0.316 e. The second-order valence-corrected chi connectivity index (χ2v) is 4.76. The van der Waals surface area contributed by atoms with Crippen LogP contribution in [0.15, 0.2) is 30.6 Å². The number of hydrogen-bond donors (Lipinski definition) is 1. The fourth-order valence-electron chi connectivity index (χ4n) is 1.70. The van der Waals surface area contributed by atoms with Gasteiger partial charge < -0.3 is 10.5 Å². The molecule has 3 aromatic rings. The second kappa shape index (κ2) is 4.23. The molecule has 0 atom stereocenters. The zero-order valence-electron chi connectivity index (χ0n) is 9.62. The molecule has 0 fully saturated rings. The Labute approximate surface area is 107 Å². The first-order valence-corrected chi connectivity index (χ1v) is 6.10. The SMILES string of the molecule is COc1ncc(-c2ccc3sc(N)nc3c2)cn1. The molecule has 0 aliphatic heterocycles. The van der Waals surface area contributed by atoms with E-state index in [1.165, 1.54) is 11.3 Å². The molecular weight excluding hydrogens is 248 g/mol. The van der Waals surface area contributed by atoms with Crippen LogP contribution in [-0.4, -0.2) is 22.1 Å². The molecule has 3 rings (SSSR count). The van der Waals surface area contributed by atoms with Crippen LogP contribution < -0.4 is 10.5 Å². The predicted octanol–water partition coefficient (Wildman–Crippen LogP) is 2.34. The maximum atomic E-state index is 5.68. The fraction of sp³-hybridized carbons (Fsp3) is 0.0833. The number of hydrogen-bond acceptors (Lipinski definition) is 6. The van der Waals surface area contributed by atoms with Gasteiger partial charge >= 0.3 is 6.01 Å². The number of methoxy groups -OCH3 is 1. The molecule has 18 heavy (non-hydrogen) atoms. The Morgan fingerprint density at radius 3 is 2.67 bits per heavy atom. The molecule has 0 amide bonds. The summed E-state index contributed by atoms with van der Waals surface area (Å²) < 4.78 is 6.00. The average Bonchev–Trinajstić information content (AvgIpc) is 2.78. The number of fused-ring (bicyclic) bond motifs is 1. The number of anilines is 1. The Morgan fingerprint density at radius 1 is 1.17 bits per heavy atom. The van der Waals surface area contributed by atoms with Crippen LogP contribution in [0, 0.1) is 0 Å². The highest BCUT2D eigenvalue weighted by atomic mass is 32.1. The van der Waals surface area contributed by atoms with Gasteiger partial charge in [-0.1, -0.05) is 17.4 Å². The van der Waals surface area contributed by atoms with E-state index in [9.17, 15) is 0 Å². The molecule has 2 N–H and O–H groups in total. The van der Waals surface area contributed by atoms with E-state index >= 15 is 0 Å². The lowest BCUT2D eigenvalue weighted by atomic mass is 10.1. The van der Waals surface area contributed by atoms with E-state index in [0.717, 1.165) is 21.3 Å². The van der Waals surface area contributed by atoms with Crippen LogP contribution in [0.5, 0.6) is 6.01 Å². The Bertz CT molecular complexity index is 693. The number of nitrogens with zero attached hydrogens (tertiary/aromatic N) is 3. The predicted molar refractivity (Wildman–Crippen MR) is 71.6 cm³/mol. The second-order valence-electron chi connectivity index (χ2n) is 3.69. The highest BCUT2D eigenvalue weighted by molar-refractivity contribution is 7.22. The van der Waals surface area contributed by atoms with Gasteiger partial charge in [-0.05, 0) is 17.7 Å². The van der Waals surface area contributed by atoms with Gasteiger partial charge in [0, 0.05) is 18.0 Å². The van der Waals surface area contributed by atoms with Gasteiger partial charge in [0.1, 0.15) is 0 Å². The molecule has 1 aromatic carbocycles. The van der Waals surface area contributed by atoms with E-state index in [4.69, 9.17) is 10.5 Å². The molecular formula is C12H10N4OS. The van der Waals surface area contributed by atoms with Crippen molar-refractivity contribution in [2.75, 3.05) is 12.8 Å². The van der Waals surface area contributed by atoms with E-state index in [1.807, 2.05) is 18.2 Å². The summed E-state index contributed by atoms with van der Waals surface area (Å²) in [7, 11) is 1.54. The molecule has 0 spiro atoms. The molecule has 0 radical (unpaired) electrons. The topological polar surface area (TPSA) is 73.9 Å². The minimum absolute atomic E-state index is 0.359. The number of benzene rings is 1. The quantitative estimate of drug-likeness (QED) is 0.763. The van der Waals surface area contributed by atoms with Crippen molar-refractivity contribution in [2.45, 2.75) is 0 Å². The molecule has 90 valence electrons. The van der Waals surface area contributed by atoms with E-state index < -0.39 is 0 Å². The van der Waals surface area contributed by atoms with Crippen molar-refractivity contribution >= 4 is 26.7 Å². The first kappa shape index (κ1) is 10.9. The summed E-state index contributed by atoms with van der Waals surface area (Å²) in [5.41, 5.74) is 8.51. The van der Waals surface area contributed by atoms with Gasteiger partial charge in [-0.25, -0.2) is 15.0 Å². The lowest BCUT2D eigenvalue weighted by molar-refractivity contribution is 0.380. The summed E-state index contributed by atoms with van der Waals surface area (Å²) in [4.78, 5) is 12.4. The van der Waals surface area contributed by atoms with Gasteiger partial charge in [0.15, 0.2) is 5.13 Å². The molecule has 6 heteroatoms. The number of thiazole rings is 1. The first-order valence-electron chi connectivity index (χ1n) is 5.29. The van der Waals surface area contributed by atoms with Crippen molar-refractivity contribution in [3.05, 3.63) is 30.6 Å². The van der Waals surface area contributed by atoms with Crippen molar-refractivity contribution in [1.82, 2.24) is 15.0 Å². The van der Waals surface area contributed by atoms with Gasteiger partial charge in [0.05, 0.1) is 17.3 Å². The molecule has 0 saturated carbocycles. The first-order chi connectivity index (χ1) is 8.76. The summed E-state index contributed by atoms with van der Waals surface area (Å²) in [5, 5.41) is 0.577. The van der Waals surface area contributed by atoms with Gasteiger partial charge in [0.2, 0.25) is 0 Å². The number of nitrogen functional groups attached to an aromatic ring is 1. The van der Waals surface area contributed by atoms with Crippen LogP contribution in [0.1, 0.15) is 0 Å². The number of rotatable bonds is 2. The highest BCUT2D eigenvalue weighted by Gasteiger charge is 2.05. The van der Waals surface area contributed by atoms with Crippen molar-refractivity contribution in [1.29, 1.82) is 0 Å². The normalized spacial score (nSPS) is 10.7. The zero-order valence-corrected chi connectivity index (χ0v) is 10.4. The summed E-state index contributed by atoms with van der Waals surface area (Å²) in [6, 6.07) is 6.35. The summed E-state index contributed by atoms with van der Waals surface area (Å²) in [6.07, 6.45) is 3.45. The standard InChI is InChI=1S/C12H10N4OS/c1-17-12-14-5-8(6-15-12)7-2-3-10-9(4-7)16-11(13)18-10/h2-6H,1H3,(H2,13,16). The Morgan fingerprint density at radius 2 is 1.94 bits per heavy atom. The van der Waals surface area contributed by atoms with Crippen molar-refractivity contribution in [3.63, 3.8) is 0 Å². The molecule has 0 bridgehead atoms. The third kappa shape index (κ3) is 1.86. The zero-order chi connectivity index (χ0) is 12.5. The van der Waals surface area contributed by atoms with E-state index in [0.29, 0.717) is 11.1 Å². The van der Waals surface area contributed by atoms with Crippen molar-refractivity contribution in [2.24, 2.45) is 0 Å². The molecule has 2 heterocycles. The minimum atomic E-state index is 0.359. The largest absolute Gasteiger partial charge is 0.467 e. The summed E-state index contributed by atoms with van der Waals surface area (Å²) in [6.45, 7) is 0. The van der Waals surface area contributed by atoms with E-state index in [-0.39, 0.29) is 0 Å². The van der Waals surface area contributed by atoms with Crippen molar-refractivity contribution < 1.29 is 4.74 Å². The summed E-state index contributed by atoms with van der Waals surface area (Å²) in [5.74, 6) is 0. The van der Waals surface area contributed by atoms with Gasteiger partial charge in [-0.15, -0.1) is 0 Å². The average molecular weight is 258 g/mol. The lowest BCUT2D eigenvalue weighted by Gasteiger charge is -2.01. The van der Waals surface area contributed by atoms with Gasteiger partial charge in [0.25, 0.3) is 0 Å². The molecule has 5 nitrogen and oxygen atoms in total. The maximum absolute atomic E-state index is 5.68. The lowest BCUT2D eigenvalue weighted by Crippen LogP contribution is -1.91. The minimum Gasteiger partial charge on any atom is -0.467 e. The molecule has 0 aliphatic rings.